The topological polar surface area (TPSA) is 59.3 Å². The highest BCUT2D eigenvalue weighted by Crippen LogP contribution is 2.27. The molecule has 0 aliphatic carbocycles. The first-order valence-corrected chi connectivity index (χ1v) is 8.29. The van der Waals surface area contributed by atoms with Crippen LogP contribution in [0.2, 0.25) is 0 Å². The summed E-state index contributed by atoms with van der Waals surface area (Å²) in [5.41, 5.74) is 2.07. The van der Waals surface area contributed by atoms with Gasteiger partial charge < -0.3 is 9.67 Å². The number of carboxylic acids is 1. The number of ketones is 1. The highest BCUT2D eigenvalue weighted by atomic mass is 19.1. The predicted molar refractivity (Wildman–Crippen MR) is 100 cm³/mol. The number of rotatable bonds is 4. The van der Waals surface area contributed by atoms with Crippen LogP contribution in [0.4, 0.5) is 4.39 Å². The molecule has 1 heterocycles. The van der Waals surface area contributed by atoms with E-state index < -0.39 is 17.6 Å². The van der Waals surface area contributed by atoms with Crippen molar-refractivity contribution in [2.24, 2.45) is 0 Å². The van der Waals surface area contributed by atoms with Crippen LogP contribution < -0.4 is 0 Å². The fraction of sp³-hybridized carbons (Fsp3) is 0. The summed E-state index contributed by atoms with van der Waals surface area (Å²) in [4.78, 5) is 24.0. The Labute approximate surface area is 154 Å². The van der Waals surface area contributed by atoms with E-state index in [1.54, 1.807) is 35.0 Å². The molecule has 0 saturated heterocycles. The molecule has 0 aliphatic heterocycles. The Balaban J connectivity index is 1.88. The molecule has 0 amide bonds. The number of hydrogen-bond donors (Lipinski definition) is 1. The van der Waals surface area contributed by atoms with Crippen LogP contribution in [0, 0.1) is 5.82 Å². The quantitative estimate of drug-likeness (QED) is 0.537. The summed E-state index contributed by atoms with van der Waals surface area (Å²) in [7, 11) is 0. The number of nitrogens with zero attached hydrogens (tertiary/aromatic N) is 1. The molecule has 4 nitrogen and oxygen atoms in total. The van der Waals surface area contributed by atoms with E-state index in [0.717, 1.165) is 5.52 Å². The second kappa shape index (κ2) is 6.53. The summed E-state index contributed by atoms with van der Waals surface area (Å²) in [6.07, 6.45) is 1.66. The molecule has 0 radical (unpaired) electrons. The molecule has 27 heavy (non-hydrogen) atoms. The van der Waals surface area contributed by atoms with Gasteiger partial charge in [-0.05, 0) is 42.5 Å². The summed E-state index contributed by atoms with van der Waals surface area (Å²) >= 11 is 0. The maximum Gasteiger partial charge on any atom is 0.335 e. The van der Waals surface area contributed by atoms with Crippen LogP contribution in [0.15, 0.2) is 79.0 Å². The van der Waals surface area contributed by atoms with Gasteiger partial charge in [0.1, 0.15) is 5.82 Å². The van der Waals surface area contributed by atoms with Gasteiger partial charge in [0.15, 0.2) is 5.78 Å². The van der Waals surface area contributed by atoms with Gasteiger partial charge in [0.05, 0.1) is 16.6 Å². The third-order valence-corrected chi connectivity index (χ3v) is 4.47. The minimum atomic E-state index is -1.01. The van der Waals surface area contributed by atoms with Crippen molar-refractivity contribution in [2.75, 3.05) is 0 Å². The van der Waals surface area contributed by atoms with E-state index in [0.29, 0.717) is 16.6 Å². The number of aromatic nitrogens is 1. The number of para-hydroxylation sites is 1. The Hall–Kier alpha value is -3.73. The van der Waals surface area contributed by atoms with E-state index in [-0.39, 0.29) is 11.1 Å². The summed E-state index contributed by atoms with van der Waals surface area (Å²) in [6.45, 7) is 0. The Morgan fingerprint density at radius 3 is 2.19 bits per heavy atom. The molecule has 132 valence electrons. The van der Waals surface area contributed by atoms with Crippen LogP contribution in [0.25, 0.3) is 16.6 Å². The number of benzene rings is 3. The number of fused-ring (bicyclic) bond motifs is 1. The molecule has 4 aromatic rings. The van der Waals surface area contributed by atoms with E-state index >= 15 is 0 Å². The molecule has 0 fully saturated rings. The smallest absolute Gasteiger partial charge is 0.335 e. The predicted octanol–water partition coefficient (Wildman–Crippen LogP) is 4.70. The molecular weight excluding hydrogens is 345 g/mol. The van der Waals surface area contributed by atoms with Crippen molar-refractivity contribution < 1.29 is 19.1 Å². The van der Waals surface area contributed by atoms with Crippen molar-refractivity contribution >= 4 is 22.7 Å². The number of carbonyl (C=O) groups excluding carboxylic acids is 1. The van der Waals surface area contributed by atoms with Crippen LogP contribution in [-0.2, 0) is 0 Å². The number of aromatic carboxylic acids is 1. The van der Waals surface area contributed by atoms with Crippen molar-refractivity contribution in [1.82, 2.24) is 4.57 Å². The molecule has 1 N–H and O–H groups in total. The lowest BCUT2D eigenvalue weighted by Crippen LogP contribution is -2.03. The summed E-state index contributed by atoms with van der Waals surface area (Å²) < 4.78 is 15.9. The van der Waals surface area contributed by atoms with Gasteiger partial charge >= 0.3 is 5.97 Å². The fourth-order valence-electron chi connectivity index (χ4n) is 3.13. The van der Waals surface area contributed by atoms with Crippen molar-refractivity contribution in [3.63, 3.8) is 0 Å². The lowest BCUT2D eigenvalue weighted by atomic mass is 10.0. The van der Waals surface area contributed by atoms with Gasteiger partial charge in [-0.25, -0.2) is 9.18 Å². The summed E-state index contributed by atoms with van der Waals surface area (Å²) in [5.74, 6) is -1.97. The largest absolute Gasteiger partial charge is 0.478 e. The first-order valence-electron chi connectivity index (χ1n) is 8.29. The first-order chi connectivity index (χ1) is 13.1. The molecule has 0 bridgehead atoms. The second-order valence-electron chi connectivity index (χ2n) is 6.09. The Bertz CT molecular complexity index is 1180. The second-order valence-corrected chi connectivity index (χ2v) is 6.09. The van der Waals surface area contributed by atoms with Crippen LogP contribution in [0.5, 0.6) is 0 Å². The van der Waals surface area contributed by atoms with Crippen LogP contribution in [0.1, 0.15) is 26.3 Å². The minimum absolute atomic E-state index is 0.0154. The van der Waals surface area contributed by atoms with Crippen molar-refractivity contribution in [2.45, 2.75) is 0 Å². The fourth-order valence-corrected chi connectivity index (χ4v) is 3.13. The zero-order chi connectivity index (χ0) is 19.0. The molecule has 1 aromatic heterocycles. The zero-order valence-corrected chi connectivity index (χ0v) is 14.1. The molecule has 0 unspecified atom stereocenters. The van der Waals surface area contributed by atoms with Gasteiger partial charge in [-0.3, -0.25) is 4.79 Å². The SMILES string of the molecule is O=C(O)c1ccc(-n2cc(C(=O)c3ccccc3F)c3ccccc32)cc1. The third-order valence-electron chi connectivity index (χ3n) is 4.47. The van der Waals surface area contributed by atoms with E-state index in [1.165, 1.54) is 24.3 Å². The molecule has 0 atom stereocenters. The Morgan fingerprint density at radius 2 is 1.48 bits per heavy atom. The van der Waals surface area contributed by atoms with Gasteiger partial charge in [0.25, 0.3) is 0 Å². The van der Waals surface area contributed by atoms with E-state index in [4.69, 9.17) is 5.11 Å². The van der Waals surface area contributed by atoms with Gasteiger partial charge in [-0.15, -0.1) is 0 Å². The maximum atomic E-state index is 14.1. The molecule has 0 spiro atoms. The van der Waals surface area contributed by atoms with Gasteiger partial charge in [0, 0.05) is 22.8 Å². The van der Waals surface area contributed by atoms with Crippen LogP contribution in [0.3, 0.4) is 0 Å². The van der Waals surface area contributed by atoms with Crippen molar-refractivity contribution in [1.29, 1.82) is 0 Å². The van der Waals surface area contributed by atoms with Crippen molar-refractivity contribution in [3.8, 4) is 5.69 Å². The average Bonchev–Trinajstić information content (AvgIpc) is 3.08. The lowest BCUT2D eigenvalue weighted by molar-refractivity contribution is 0.0696. The number of carbonyl (C=O) groups is 2. The number of carboxylic acid groups (broad SMARTS) is 1. The molecular formula is C22H14FNO3. The average molecular weight is 359 g/mol. The number of hydrogen-bond acceptors (Lipinski definition) is 2. The molecule has 0 saturated carbocycles. The van der Waals surface area contributed by atoms with E-state index in [9.17, 15) is 14.0 Å². The van der Waals surface area contributed by atoms with Crippen LogP contribution >= 0.6 is 0 Å². The van der Waals surface area contributed by atoms with E-state index in [2.05, 4.69) is 0 Å². The highest BCUT2D eigenvalue weighted by Gasteiger charge is 2.19. The van der Waals surface area contributed by atoms with Crippen molar-refractivity contribution in [3.05, 3.63) is 102 Å². The third kappa shape index (κ3) is 2.89. The van der Waals surface area contributed by atoms with Gasteiger partial charge in [-0.2, -0.15) is 0 Å². The summed E-state index contributed by atoms with van der Waals surface area (Å²) in [6, 6.07) is 19.6. The lowest BCUT2D eigenvalue weighted by Gasteiger charge is -2.05. The molecule has 0 aliphatic rings. The highest BCUT2D eigenvalue weighted by molar-refractivity contribution is 6.16. The van der Waals surface area contributed by atoms with Gasteiger partial charge in [0.2, 0.25) is 0 Å². The number of halogens is 1. The monoisotopic (exact) mass is 359 g/mol. The van der Waals surface area contributed by atoms with E-state index in [1.807, 2.05) is 24.3 Å². The Kier molecular flexibility index (Phi) is 4.05. The molecule has 5 heteroatoms. The van der Waals surface area contributed by atoms with Gasteiger partial charge in [-0.1, -0.05) is 30.3 Å². The molecule has 3 aromatic carbocycles. The zero-order valence-electron chi connectivity index (χ0n) is 14.1. The molecule has 4 rings (SSSR count). The normalized spacial score (nSPS) is 10.9. The maximum absolute atomic E-state index is 14.1. The summed E-state index contributed by atoms with van der Waals surface area (Å²) in [5, 5.41) is 9.76. The minimum Gasteiger partial charge on any atom is -0.478 e. The standard InChI is InChI=1S/C22H14FNO3/c23-19-7-3-1-6-17(19)21(25)18-13-24(20-8-4-2-5-16(18)20)15-11-9-14(10-12-15)22(26)27/h1-13H,(H,26,27). The first kappa shape index (κ1) is 16.7. The Morgan fingerprint density at radius 1 is 0.815 bits per heavy atom. The van der Waals surface area contributed by atoms with Crippen LogP contribution in [-0.4, -0.2) is 21.4 Å².